The van der Waals surface area contributed by atoms with Crippen molar-refractivity contribution in [1.29, 1.82) is 0 Å². The molecule has 32 heavy (non-hydrogen) atoms. The third-order valence-corrected chi connectivity index (χ3v) is 10.6. The van der Waals surface area contributed by atoms with Gasteiger partial charge in [-0.2, -0.15) is 12.6 Å². The van der Waals surface area contributed by atoms with Crippen molar-refractivity contribution in [3.05, 3.63) is 58.2 Å². The van der Waals surface area contributed by atoms with Gasteiger partial charge in [0.1, 0.15) is 9.93 Å². The van der Waals surface area contributed by atoms with Crippen LogP contribution >= 0.6 is 35.8 Å². The number of rotatable bonds is 2. The quantitative estimate of drug-likeness (QED) is 0.332. The highest BCUT2D eigenvalue weighted by molar-refractivity contribution is 7.82. The van der Waals surface area contributed by atoms with Crippen molar-refractivity contribution in [1.82, 2.24) is 0 Å². The molecule has 8 atom stereocenters. The minimum atomic E-state index is -1.26. The number of ether oxygens (including phenoxy) is 1. The molecule has 4 aliphatic rings. The summed E-state index contributed by atoms with van der Waals surface area (Å²) in [7, 11) is 1.77. The van der Waals surface area contributed by atoms with Crippen LogP contribution in [0.4, 0.5) is 0 Å². The van der Waals surface area contributed by atoms with Crippen LogP contribution in [0.15, 0.2) is 51.4 Å². The van der Waals surface area contributed by atoms with Gasteiger partial charge in [-0.3, -0.25) is 0 Å². The minimum absolute atomic E-state index is 0.0811. The van der Waals surface area contributed by atoms with Crippen molar-refractivity contribution in [3.8, 4) is 0 Å². The molecule has 4 nitrogen and oxygen atoms in total. The van der Waals surface area contributed by atoms with Crippen LogP contribution in [0.25, 0.3) is 0 Å². The summed E-state index contributed by atoms with van der Waals surface area (Å²) in [6, 6.07) is 3.06. The molecule has 2 fully saturated rings. The first-order valence-corrected chi connectivity index (χ1v) is 12.5. The monoisotopic (exact) mass is 496 g/mol. The van der Waals surface area contributed by atoms with Crippen molar-refractivity contribution in [2.75, 3.05) is 7.11 Å². The van der Waals surface area contributed by atoms with Gasteiger partial charge >= 0.3 is 5.63 Å². The van der Waals surface area contributed by atoms with E-state index in [1.54, 1.807) is 13.2 Å². The van der Waals surface area contributed by atoms with E-state index in [0.29, 0.717) is 23.8 Å². The lowest BCUT2D eigenvalue weighted by molar-refractivity contribution is -0.0394. The molecule has 0 aliphatic heterocycles. The molecule has 174 valence electrons. The third kappa shape index (κ3) is 2.94. The molecule has 0 saturated heterocycles. The van der Waals surface area contributed by atoms with E-state index in [4.69, 9.17) is 45.0 Å². The van der Waals surface area contributed by atoms with Crippen LogP contribution in [-0.4, -0.2) is 33.0 Å². The Hall–Kier alpha value is -0.720. The first-order chi connectivity index (χ1) is 15.0. The van der Waals surface area contributed by atoms with Crippen molar-refractivity contribution < 1.29 is 14.3 Å². The molecule has 5 unspecified atom stereocenters. The second-order valence-corrected chi connectivity index (χ2v) is 12.8. The molecular formula is C25H30Cl2O4S. The Balaban J connectivity index is 1.59. The highest BCUT2D eigenvalue weighted by Crippen LogP contribution is 2.71. The van der Waals surface area contributed by atoms with E-state index in [-0.39, 0.29) is 23.9 Å². The summed E-state index contributed by atoms with van der Waals surface area (Å²) >= 11 is 18.9. The summed E-state index contributed by atoms with van der Waals surface area (Å²) in [5.74, 6) is 0.509. The molecule has 2 saturated carbocycles. The SMILES string of the molecule is COC1C=CC2(C)C3CC[C@]4(S)C(c5ccc(=O)oc5)C(Cl)(Cl)C[C@]4(O)C3=CCC2[C@H]1C. The molecule has 1 aromatic rings. The predicted molar refractivity (Wildman–Crippen MR) is 130 cm³/mol. The van der Waals surface area contributed by atoms with Gasteiger partial charge in [0.15, 0.2) is 0 Å². The van der Waals surface area contributed by atoms with Gasteiger partial charge in [0.05, 0.1) is 17.1 Å². The fourth-order valence-corrected chi connectivity index (χ4v) is 9.36. The molecule has 1 N–H and O–H groups in total. The molecule has 0 amide bonds. The maximum absolute atomic E-state index is 12.3. The summed E-state index contributed by atoms with van der Waals surface area (Å²) < 4.78 is 8.70. The van der Waals surface area contributed by atoms with Gasteiger partial charge in [-0.05, 0) is 59.6 Å². The lowest BCUT2D eigenvalue weighted by Crippen LogP contribution is -2.59. The van der Waals surface area contributed by atoms with Crippen LogP contribution in [0.2, 0.25) is 0 Å². The summed E-state index contributed by atoms with van der Waals surface area (Å²) in [6.07, 6.45) is 10.8. The molecule has 0 bridgehead atoms. The number of allylic oxidation sites excluding steroid dienone is 2. The van der Waals surface area contributed by atoms with Crippen molar-refractivity contribution in [2.45, 2.75) is 66.2 Å². The summed E-state index contributed by atoms with van der Waals surface area (Å²) in [5, 5.41) is 12.3. The normalized spacial score (nSPS) is 46.7. The fourth-order valence-electron chi connectivity index (χ4n) is 7.49. The number of methoxy groups -OCH3 is 1. The maximum atomic E-state index is 12.3. The summed E-state index contributed by atoms with van der Waals surface area (Å²) in [4.78, 5) is 11.5. The van der Waals surface area contributed by atoms with Crippen molar-refractivity contribution in [3.63, 3.8) is 0 Å². The lowest BCUT2D eigenvalue weighted by atomic mass is 9.49. The smallest absolute Gasteiger partial charge is 0.335 e. The molecule has 0 radical (unpaired) electrons. The number of fused-ring (bicyclic) bond motifs is 5. The second-order valence-electron chi connectivity index (χ2n) is 10.4. The van der Waals surface area contributed by atoms with Crippen LogP contribution in [0.1, 0.15) is 51.0 Å². The van der Waals surface area contributed by atoms with Gasteiger partial charge in [0, 0.05) is 25.5 Å². The molecule has 1 aromatic heterocycles. The van der Waals surface area contributed by atoms with Crippen LogP contribution in [0, 0.1) is 23.2 Å². The van der Waals surface area contributed by atoms with E-state index in [2.05, 4.69) is 32.1 Å². The Morgan fingerprint density at radius 2 is 2.06 bits per heavy atom. The van der Waals surface area contributed by atoms with Crippen LogP contribution in [0.5, 0.6) is 0 Å². The topological polar surface area (TPSA) is 59.7 Å². The minimum Gasteiger partial charge on any atom is -0.431 e. The highest BCUT2D eigenvalue weighted by atomic mass is 35.5. The number of alkyl halides is 2. The van der Waals surface area contributed by atoms with Gasteiger partial charge in [0.25, 0.3) is 0 Å². The Morgan fingerprint density at radius 3 is 2.72 bits per heavy atom. The van der Waals surface area contributed by atoms with E-state index in [0.717, 1.165) is 18.4 Å². The lowest BCUT2D eigenvalue weighted by Gasteiger charge is -2.59. The number of thiol groups is 1. The summed E-state index contributed by atoms with van der Waals surface area (Å²) in [6.45, 7) is 4.58. The zero-order chi connectivity index (χ0) is 23.1. The predicted octanol–water partition coefficient (Wildman–Crippen LogP) is 5.28. The first kappa shape index (κ1) is 23.0. The highest BCUT2D eigenvalue weighted by Gasteiger charge is 2.72. The molecule has 0 aromatic carbocycles. The van der Waals surface area contributed by atoms with Crippen LogP contribution < -0.4 is 5.63 Å². The maximum Gasteiger partial charge on any atom is 0.335 e. The Morgan fingerprint density at radius 1 is 1.31 bits per heavy atom. The Kier molecular flexibility index (Phi) is 5.32. The number of halogens is 2. The second kappa shape index (κ2) is 7.39. The van der Waals surface area contributed by atoms with E-state index in [1.165, 1.54) is 12.3 Å². The Labute approximate surface area is 204 Å². The molecule has 0 spiro atoms. The van der Waals surface area contributed by atoms with E-state index in [1.807, 2.05) is 0 Å². The van der Waals surface area contributed by atoms with Gasteiger partial charge in [-0.15, -0.1) is 23.2 Å². The van der Waals surface area contributed by atoms with Crippen molar-refractivity contribution >= 4 is 35.8 Å². The van der Waals surface area contributed by atoms with Crippen molar-refractivity contribution in [2.24, 2.45) is 23.2 Å². The zero-order valence-corrected chi connectivity index (χ0v) is 21.0. The largest absolute Gasteiger partial charge is 0.431 e. The van der Waals surface area contributed by atoms with E-state index in [9.17, 15) is 9.90 Å². The Bertz CT molecular complexity index is 1030. The molecule has 1 heterocycles. The van der Waals surface area contributed by atoms with Gasteiger partial charge in [-0.1, -0.05) is 32.1 Å². The number of hydrogen-bond acceptors (Lipinski definition) is 5. The van der Waals surface area contributed by atoms with Gasteiger partial charge in [0.2, 0.25) is 0 Å². The van der Waals surface area contributed by atoms with Gasteiger partial charge < -0.3 is 14.3 Å². The number of aliphatic hydroxyl groups is 1. The van der Waals surface area contributed by atoms with E-state index < -0.39 is 26.2 Å². The van der Waals surface area contributed by atoms with Gasteiger partial charge in [-0.25, -0.2) is 4.79 Å². The average molecular weight is 497 g/mol. The first-order valence-electron chi connectivity index (χ1n) is 11.3. The third-order valence-electron chi connectivity index (χ3n) is 9.04. The number of hydrogen-bond donors (Lipinski definition) is 2. The average Bonchev–Trinajstić information content (AvgIpc) is 2.90. The molecule has 5 rings (SSSR count). The van der Waals surface area contributed by atoms with Crippen LogP contribution in [-0.2, 0) is 4.74 Å². The molecular weight excluding hydrogens is 467 g/mol. The molecule has 4 aliphatic carbocycles. The zero-order valence-electron chi connectivity index (χ0n) is 18.6. The van der Waals surface area contributed by atoms with E-state index >= 15 is 0 Å². The molecule has 7 heteroatoms. The van der Waals surface area contributed by atoms with Crippen LogP contribution in [0.3, 0.4) is 0 Å². The standard InChI is InChI=1S/C25H30Cl2O4S/c1-14-16-5-6-18-17(22(16,2)10-9-19(14)30-3)8-11-24(32)21(15-4-7-20(28)31-12-15)25(26,27)13-23(18,24)29/h4,6-7,9-10,12,14,16-17,19,21,29,32H,5,8,11,13H2,1-3H3/t14-,16?,17?,19?,21?,22?,23+,24+/m1/s1. The fraction of sp³-hybridized carbons (Fsp3) is 0.640. The summed E-state index contributed by atoms with van der Waals surface area (Å²) in [5.41, 5.74) is -0.0750.